The topological polar surface area (TPSA) is 36.0 Å². The van der Waals surface area contributed by atoms with Gasteiger partial charge in [0.2, 0.25) is 0 Å². The van der Waals surface area contributed by atoms with Crippen molar-refractivity contribution in [2.24, 2.45) is 34.0 Å². The lowest BCUT2D eigenvalue weighted by atomic mass is 9.38. The summed E-state index contributed by atoms with van der Waals surface area (Å²) in [6.07, 6.45) is 11.4. The highest BCUT2D eigenvalue weighted by atomic mass is 16.3. The number of nitrogens with one attached hydrogen (secondary N) is 1. The molecule has 0 aliphatic heterocycles. The number of hydrogen-bond donors (Lipinski definition) is 2. The van der Waals surface area contributed by atoms with Gasteiger partial charge in [0.15, 0.2) is 0 Å². The van der Waals surface area contributed by atoms with Crippen molar-refractivity contribution in [1.82, 2.24) is 4.98 Å². The monoisotopic (exact) mass is 405 g/mol. The molecule has 1 unspecified atom stereocenters. The fourth-order valence-electron chi connectivity index (χ4n) is 8.29. The highest BCUT2D eigenvalue weighted by molar-refractivity contribution is 5.83. The molecule has 2 fully saturated rings. The number of para-hydroxylation sites is 1. The van der Waals surface area contributed by atoms with Crippen molar-refractivity contribution < 1.29 is 5.11 Å². The first-order valence-corrected chi connectivity index (χ1v) is 12.2. The van der Waals surface area contributed by atoms with Crippen molar-refractivity contribution in [2.45, 2.75) is 79.2 Å². The van der Waals surface area contributed by atoms with Gasteiger partial charge in [-0.2, -0.15) is 0 Å². The number of hydrogen-bond acceptors (Lipinski definition) is 1. The summed E-state index contributed by atoms with van der Waals surface area (Å²) in [7, 11) is 0. The van der Waals surface area contributed by atoms with E-state index in [0.29, 0.717) is 17.8 Å². The number of aliphatic hydroxyl groups is 1. The first-order valence-electron chi connectivity index (χ1n) is 12.2. The number of rotatable bonds is 3. The minimum atomic E-state index is -0.174. The van der Waals surface area contributed by atoms with Crippen LogP contribution in [0.15, 0.2) is 42.1 Å². The molecule has 0 bridgehead atoms. The third-order valence-electron chi connectivity index (χ3n) is 10.1. The first kappa shape index (κ1) is 20.4. The van der Waals surface area contributed by atoms with E-state index < -0.39 is 0 Å². The van der Waals surface area contributed by atoms with Gasteiger partial charge in [-0.1, -0.05) is 64.5 Å². The van der Waals surface area contributed by atoms with Crippen LogP contribution in [0.5, 0.6) is 0 Å². The third kappa shape index (κ3) is 2.46. The number of benzene rings is 1. The zero-order chi connectivity index (χ0) is 21.3. The molecule has 1 spiro atoms. The van der Waals surface area contributed by atoms with Gasteiger partial charge >= 0.3 is 0 Å². The fraction of sp³-hybridized carbons (Fsp3) is 0.643. The van der Waals surface area contributed by atoms with E-state index in [1.165, 1.54) is 29.3 Å². The molecule has 162 valence electrons. The Hall–Kier alpha value is -1.54. The zero-order valence-electron chi connectivity index (χ0n) is 19.5. The van der Waals surface area contributed by atoms with E-state index in [-0.39, 0.29) is 22.3 Å². The van der Waals surface area contributed by atoms with Crippen LogP contribution in [-0.2, 0) is 6.42 Å². The maximum absolute atomic E-state index is 11.3. The molecular formula is C28H39NO. The van der Waals surface area contributed by atoms with E-state index in [9.17, 15) is 5.11 Å². The Labute approximate surface area is 182 Å². The molecule has 2 nitrogen and oxygen atoms in total. The SMILES string of the molecule is CC(C)C1=CC[C@]2(C)[C@@H](O)CCC3[C@](C)(Cc4c[nH]c5ccccc45)[C@@H](C)CC[C@]132. The van der Waals surface area contributed by atoms with E-state index >= 15 is 0 Å². The van der Waals surface area contributed by atoms with Gasteiger partial charge in [0.1, 0.15) is 0 Å². The molecule has 2 heteroatoms. The summed E-state index contributed by atoms with van der Waals surface area (Å²) in [4.78, 5) is 3.52. The average molecular weight is 406 g/mol. The Morgan fingerprint density at radius 3 is 2.67 bits per heavy atom. The summed E-state index contributed by atoms with van der Waals surface area (Å²) in [5.41, 5.74) is 4.78. The Bertz CT molecular complexity index is 985. The highest BCUT2D eigenvalue weighted by Gasteiger charge is 2.67. The van der Waals surface area contributed by atoms with E-state index in [4.69, 9.17) is 0 Å². The normalized spacial score (nSPS) is 41.0. The maximum atomic E-state index is 11.3. The van der Waals surface area contributed by atoms with Crippen molar-refractivity contribution in [3.05, 3.63) is 47.7 Å². The third-order valence-corrected chi connectivity index (χ3v) is 10.1. The molecule has 0 saturated heterocycles. The maximum Gasteiger partial charge on any atom is 0.0605 e. The molecule has 0 amide bonds. The van der Waals surface area contributed by atoms with Crippen LogP contribution < -0.4 is 0 Å². The number of fused-ring (bicyclic) bond motifs is 1. The molecular weight excluding hydrogens is 366 g/mol. The lowest BCUT2D eigenvalue weighted by Crippen LogP contribution is -2.62. The predicted molar refractivity (Wildman–Crippen MR) is 125 cm³/mol. The highest BCUT2D eigenvalue weighted by Crippen LogP contribution is 2.73. The largest absolute Gasteiger partial charge is 0.393 e. The van der Waals surface area contributed by atoms with Crippen LogP contribution in [-0.4, -0.2) is 16.2 Å². The molecule has 6 atom stereocenters. The van der Waals surface area contributed by atoms with Crippen LogP contribution in [0, 0.1) is 34.0 Å². The van der Waals surface area contributed by atoms with E-state index in [2.05, 4.69) is 76.1 Å². The van der Waals surface area contributed by atoms with Gasteiger partial charge in [-0.3, -0.25) is 0 Å². The van der Waals surface area contributed by atoms with Crippen molar-refractivity contribution in [1.29, 1.82) is 0 Å². The van der Waals surface area contributed by atoms with Gasteiger partial charge in [0.05, 0.1) is 6.10 Å². The minimum Gasteiger partial charge on any atom is -0.393 e. The quantitative estimate of drug-likeness (QED) is 0.536. The number of H-pyrrole nitrogens is 1. The summed E-state index contributed by atoms with van der Waals surface area (Å²) < 4.78 is 0. The molecule has 3 aliphatic carbocycles. The molecule has 0 radical (unpaired) electrons. The van der Waals surface area contributed by atoms with Crippen molar-refractivity contribution in [2.75, 3.05) is 0 Å². The first-order chi connectivity index (χ1) is 14.2. The second kappa shape index (κ2) is 6.73. The molecule has 2 saturated carbocycles. The molecule has 30 heavy (non-hydrogen) atoms. The minimum absolute atomic E-state index is 0.00284. The Morgan fingerprint density at radius 1 is 1.13 bits per heavy atom. The summed E-state index contributed by atoms with van der Waals surface area (Å²) in [5, 5.41) is 12.7. The molecule has 1 aromatic heterocycles. The summed E-state index contributed by atoms with van der Waals surface area (Å²) in [6.45, 7) is 12.2. The standard InChI is InChI=1S/C28H39NO/c1-18(2)22-13-14-27(5)25(30)11-10-24-26(4,19(3)12-15-28(22,24)27)16-20-17-29-23-9-7-6-8-21(20)23/h6-9,13,17-19,24-25,29-30H,10-12,14-16H2,1-5H3/t19-,24?,25-,26+,27+,28-/m0/s1. The molecule has 1 heterocycles. The zero-order valence-corrected chi connectivity index (χ0v) is 19.5. The summed E-state index contributed by atoms with van der Waals surface area (Å²) in [6, 6.07) is 8.75. The lowest BCUT2D eigenvalue weighted by molar-refractivity contribution is -0.177. The van der Waals surface area contributed by atoms with Gasteiger partial charge in [0.25, 0.3) is 0 Å². The van der Waals surface area contributed by atoms with Gasteiger partial charge in [0, 0.05) is 27.9 Å². The smallest absolute Gasteiger partial charge is 0.0605 e. The van der Waals surface area contributed by atoms with Gasteiger partial charge in [-0.15, -0.1) is 0 Å². The molecule has 2 N–H and O–H groups in total. The van der Waals surface area contributed by atoms with Crippen LogP contribution in [0.25, 0.3) is 10.9 Å². The van der Waals surface area contributed by atoms with Crippen LogP contribution >= 0.6 is 0 Å². The van der Waals surface area contributed by atoms with Crippen molar-refractivity contribution in [3.8, 4) is 0 Å². The summed E-state index contributed by atoms with van der Waals surface area (Å²) >= 11 is 0. The number of aliphatic hydroxyl groups excluding tert-OH is 1. The Morgan fingerprint density at radius 2 is 1.90 bits per heavy atom. The van der Waals surface area contributed by atoms with E-state index in [1.54, 1.807) is 5.57 Å². The molecule has 1 aromatic carbocycles. The predicted octanol–water partition coefficient (Wildman–Crippen LogP) is 6.90. The Kier molecular flexibility index (Phi) is 4.57. The van der Waals surface area contributed by atoms with Crippen LogP contribution in [0.3, 0.4) is 0 Å². The average Bonchev–Trinajstić information content (AvgIpc) is 3.25. The van der Waals surface area contributed by atoms with Crippen LogP contribution in [0.2, 0.25) is 0 Å². The van der Waals surface area contributed by atoms with Crippen LogP contribution in [0.4, 0.5) is 0 Å². The Balaban J connectivity index is 1.63. The van der Waals surface area contributed by atoms with E-state index in [0.717, 1.165) is 25.7 Å². The van der Waals surface area contributed by atoms with E-state index in [1.807, 2.05) is 0 Å². The number of allylic oxidation sites excluding steroid dienone is 2. The van der Waals surface area contributed by atoms with Gasteiger partial charge in [-0.05, 0) is 73.3 Å². The fourth-order valence-corrected chi connectivity index (χ4v) is 8.29. The molecule has 3 aliphatic rings. The summed E-state index contributed by atoms with van der Waals surface area (Å²) in [5.74, 6) is 1.88. The van der Waals surface area contributed by atoms with Gasteiger partial charge < -0.3 is 10.1 Å². The number of aromatic amines is 1. The second-order valence-corrected chi connectivity index (χ2v) is 11.5. The van der Waals surface area contributed by atoms with Crippen LogP contribution in [0.1, 0.15) is 72.3 Å². The lowest BCUT2D eigenvalue weighted by Gasteiger charge is -2.66. The van der Waals surface area contributed by atoms with Gasteiger partial charge in [-0.25, -0.2) is 0 Å². The molecule has 2 aromatic rings. The van der Waals surface area contributed by atoms with Crippen molar-refractivity contribution in [3.63, 3.8) is 0 Å². The number of aromatic nitrogens is 1. The molecule has 5 rings (SSSR count). The van der Waals surface area contributed by atoms with Crippen molar-refractivity contribution >= 4 is 10.9 Å². The second-order valence-electron chi connectivity index (χ2n) is 11.5.